The van der Waals surface area contributed by atoms with Gasteiger partial charge in [0.1, 0.15) is 5.75 Å². The Morgan fingerprint density at radius 3 is 2.58 bits per heavy atom. The Morgan fingerprint density at radius 1 is 1.16 bits per heavy atom. The molecule has 3 heteroatoms. The minimum absolute atomic E-state index is 0.0675. The van der Waals surface area contributed by atoms with Crippen LogP contribution >= 0.6 is 0 Å². The van der Waals surface area contributed by atoms with Crippen molar-refractivity contribution in [1.82, 2.24) is 5.32 Å². The highest BCUT2D eigenvalue weighted by molar-refractivity contribution is 5.32. The molecule has 2 fully saturated rings. The Morgan fingerprint density at radius 2 is 1.89 bits per heavy atom. The maximum atomic E-state index is 6.19. The summed E-state index contributed by atoms with van der Waals surface area (Å²) in [6, 6.07) is 8.49. The van der Waals surface area contributed by atoms with E-state index >= 15 is 0 Å². The van der Waals surface area contributed by atoms with E-state index in [0.29, 0.717) is 12.6 Å². The van der Waals surface area contributed by atoms with Crippen molar-refractivity contribution in [2.24, 2.45) is 0 Å². The molecule has 1 spiro atoms. The molecule has 0 amide bonds. The van der Waals surface area contributed by atoms with Gasteiger partial charge in [0.15, 0.2) is 0 Å². The van der Waals surface area contributed by atoms with E-state index in [0.717, 1.165) is 12.3 Å². The molecule has 0 bridgehead atoms. The van der Waals surface area contributed by atoms with Crippen molar-refractivity contribution >= 4 is 0 Å². The largest absolute Gasteiger partial charge is 0.497 e. The van der Waals surface area contributed by atoms with Crippen LogP contribution in [0.2, 0.25) is 0 Å². The average molecular weight is 261 g/mol. The first kappa shape index (κ1) is 12.9. The van der Waals surface area contributed by atoms with Crippen molar-refractivity contribution in [3.8, 4) is 5.75 Å². The summed E-state index contributed by atoms with van der Waals surface area (Å²) in [4.78, 5) is 0. The maximum Gasteiger partial charge on any atom is 0.118 e. The van der Waals surface area contributed by atoms with Crippen LogP contribution in [-0.2, 0) is 4.74 Å². The van der Waals surface area contributed by atoms with Crippen molar-refractivity contribution < 1.29 is 9.47 Å². The van der Waals surface area contributed by atoms with Crippen molar-refractivity contribution in [3.05, 3.63) is 29.8 Å². The Bertz CT molecular complexity index is 401. The molecule has 2 aliphatic rings. The highest BCUT2D eigenvalue weighted by Gasteiger charge is 2.43. The summed E-state index contributed by atoms with van der Waals surface area (Å²) in [7, 11) is 1.71. The van der Waals surface area contributed by atoms with Crippen LogP contribution in [0.5, 0.6) is 5.75 Å². The topological polar surface area (TPSA) is 30.5 Å². The lowest BCUT2D eigenvalue weighted by Gasteiger charge is -2.47. The first-order valence-electron chi connectivity index (χ1n) is 7.33. The zero-order valence-electron chi connectivity index (χ0n) is 11.7. The quantitative estimate of drug-likeness (QED) is 0.887. The Balaban J connectivity index is 1.86. The second kappa shape index (κ2) is 5.51. The van der Waals surface area contributed by atoms with E-state index < -0.39 is 0 Å². The van der Waals surface area contributed by atoms with E-state index in [9.17, 15) is 0 Å². The monoisotopic (exact) mass is 261 g/mol. The van der Waals surface area contributed by atoms with Crippen molar-refractivity contribution in [1.29, 1.82) is 0 Å². The van der Waals surface area contributed by atoms with E-state index in [1.165, 1.54) is 37.7 Å². The molecule has 3 rings (SSSR count). The summed E-state index contributed by atoms with van der Waals surface area (Å²) >= 11 is 0. The number of ether oxygens (including phenoxy) is 2. The number of methoxy groups -OCH3 is 1. The van der Waals surface area contributed by atoms with E-state index in [4.69, 9.17) is 9.47 Å². The molecule has 3 nitrogen and oxygen atoms in total. The van der Waals surface area contributed by atoms with Crippen LogP contribution in [0, 0.1) is 0 Å². The minimum atomic E-state index is 0.0675. The fraction of sp³-hybridized carbons (Fsp3) is 0.625. The van der Waals surface area contributed by atoms with Gasteiger partial charge < -0.3 is 9.47 Å². The first-order chi connectivity index (χ1) is 9.34. The van der Waals surface area contributed by atoms with Gasteiger partial charge in [0.25, 0.3) is 0 Å². The van der Waals surface area contributed by atoms with Crippen LogP contribution in [0.1, 0.15) is 43.6 Å². The summed E-state index contributed by atoms with van der Waals surface area (Å²) in [6.45, 7) is 1.72. The zero-order valence-corrected chi connectivity index (χ0v) is 11.7. The number of hydrogen-bond donors (Lipinski definition) is 1. The Hall–Kier alpha value is -1.06. The van der Waals surface area contributed by atoms with Gasteiger partial charge in [-0.2, -0.15) is 0 Å². The van der Waals surface area contributed by atoms with Gasteiger partial charge in [-0.1, -0.05) is 31.4 Å². The lowest BCUT2D eigenvalue weighted by Crippen LogP contribution is -2.51. The van der Waals surface area contributed by atoms with Crippen LogP contribution in [-0.4, -0.2) is 26.0 Å². The molecule has 19 heavy (non-hydrogen) atoms. The maximum absolute atomic E-state index is 6.19. The van der Waals surface area contributed by atoms with E-state index in [2.05, 4.69) is 29.6 Å². The van der Waals surface area contributed by atoms with Gasteiger partial charge in [0.2, 0.25) is 0 Å². The number of nitrogens with one attached hydrogen (secondary N) is 1. The summed E-state index contributed by atoms with van der Waals surface area (Å²) in [5.74, 6) is 1.39. The number of hydrogen-bond acceptors (Lipinski definition) is 3. The molecule has 1 N–H and O–H groups in total. The predicted octanol–water partition coefficient (Wildman–Crippen LogP) is 3.06. The second-order valence-corrected chi connectivity index (χ2v) is 5.69. The Kier molecular flexibility index (Phi) is 3.76. The molecule has 1 atom stereocenters. The van der Waals surface area contributed by atoms with Gasteiger partial charge in [0, 0.05) is 12.5 Å². The predicted molar refractivity (Wildman–Crippen MR) is 75.5 cm³/mol. The fourth-order valence-electron chi connectivity index (χ4n) is 3.59. The van der Waals surface area contributed by atoms with Gasteiger partial charge in [-0.15, -0.1) is 0 Å². The minimum Gasteiger partial charge on any atom is -0.497 e. The molecular weight excluding hydrogens is 238 g/mol. The zero-order chi connectivity index (χ0) is 13.1. The summed E-state index contributed by atoms with van der Waals surface area (Å²) in [5, 5.41) is 3.38. The van der Waals surface area contributed by atoms with Crippen LogP contribution in [0.4, 0.5) is 0 Å². The molecule has 1 aromatic carbocycles. The normalized spacial score (nSPS) is 26.3. The first-order valence-corrected chi connectivity index (χ1v) is 7.33. The van der Waals surface area contributed by atoms with Crippen molar-refractivity contribution in [2.45, 2.75) is 43.6 Å². The fourth-order valence-corrected chi connectivity index (χ4v) is 3.59. The molecule has 1 saturated heterocycles. The third-order valence-corrected chi connectivity index (χ3v) is 4.66. The SMILES string of the molecule is COc1ccc(C2CNCOC23CCCCC3)cc1. The van der Waals surface area contributed by atoms with Crippen LogP contribution in [0.25, 0.3) is 0 Å². The molecule has 104 valence electrons. The lowest BCUT2D eigenvalue weighted by molar-refractivity contribution is -0.119. The molecule has 1 aliphatic heterocycles. The van der Waals surface area contributed by atoms with E-state index in [-0.39, 0.29) is 5.60 Å². The molecule has 1 saturated carbocycles. The van der Waals surface area contributed by atoms with Crippen LogP contribution < -0.4 is 10.1 Å². The molecule has 1 aromatic rings. The highest BCUT2D eigenvalue weighted by atomic mass is 16.5. The molecule has 1 aliphatic carbocycles. The summed E-state index contributed by atoms with van der Waals surface area (Å²) in [6.07, 6.45) is 6.35. The standard InChI is InChI=1S/C16H23NO2/c1-18-14-7-5-13(6-8-14)15-11-17-12-19-16(15)9-3-2-4-10-16/h5-8,15,17H,2-4,9-12H2,1H3. The molecule has 0 aromatic heterocycles. The lowest BCUT2D eigenvalue weighted by atomic mass is 9.72. The summed E-state index contributed by atoms with van der Waals surface area (Å²) in [5.41, 5.74) is 1.44. The van der Waals surface area contributed by atoms with Crippen LogP contribution in [0.3, 0.4) is 0 Å². The van der Waals surface area contributed by atoms with Crippen molar-refractivity contribution in [3.63, 3.8) is 0 Å². The van der Waals surface area contributed by atoms with E-state index in [1.54, 1.807) is 7.11 Å². The second-order valence-electron chi connectivity index (χ2n) is 5.69. The van der Waals surface area contributed by atoms with E-state index in [1.807, 2.05) is 0 Å². The van der Waals surface area contributed by atoms with Crippen molar-refractivity contribution in [2.75, 3.05) is 20.4 Å². The van der Waals surface area contributed by atoms with Gasteiger partial charge in [0.05, 0.1) is 19.4 Å². The third-order valence-electron chi connectivity index (χ3n) is 4.66. The van der Waals surface area contributed by atoms with Gasteiger partial charge >= 0.3 is 0 Å². The Labute approximate surface area is 115 Å². The molecular formula is C16H23NO2. The number of rotatable bonds is 2. The van der Waals surface area contributed by atoms with Gasteiger partial charge in [-0.05, 0) is 30.5 Å². The highest BCUT2D eigenvalue weighted by Crippen LogP contribution is 2.44. The average Bonchev–Trinajstić information content (AvgIpc) is 2.49. The van der Waals surface area contributed by atoms with Gasteiger partial charge in [-0.25, -0.2) is 0 Å². The molecule has 1 heterocycles. The summed E-state index contributed by atoms with van der Waals surface area (Å²) < 4.78 is 11.4. The third kappa shape index (κ3) is 2.49. The smallest absolute Gasteiger partial charge is 0.118 e. The number of benzene rings is 1. The molecule has 0 radical (unpaired) electrons. The molecule has 1 unspecified atom stereocenters. The van der Waals surface area contributed by atoms with Gasteiger partial charge in [-0.3, -0.25) is 5.32 Å². The van der Waals surface area contributed by atoms with Crippen LogP contribution in [0.15, 0.2) is 24.3 Å².